The molecule has 2 aromatic heterocycles. The van der Waals surface area contributed by atoms with Crippen LogP contribution in [0.25, 0.3) is 0 Å². The fourth-order valence-electron chi connectivity index (χ4n) is 1.75. The quantitative estimate of drug-likeness (QED) is 0.905. The molecular weight excluding hydrogens is 232 g/mol. The van der Waals surface area contributed by atoms with Gasteiger partial charge in [-0.2, -0.15) is 10.4 Å². The molecule has 17 heavy (non-hydrogen) atoms. The predicted octanol–water partition coefficient (Wildman–Crippen LogP) is 2.58. The number of hydrogen-bond acceptors (Lipinski definition) is 4. The van der Waals surface area contributed by atoms with Crippen molar-refractivity contribution in [2.75, 3.05) is 5.32 Å². The van der Waals surface area contributed by atoms with E-state index in [0.717, 1.165) is 18.1 Å². The topological polar surface area (TPSA) is 53.6 Å². The van der Waals surface area contributed by atoms with Crippen LogP contribution in [0.1, 0.15) is 21.0 Å². The van der Waals surface area contributed by atoms with E-state index in [1.165, 1.54) is 9.75 Å². The summed E-state index contributed by atoms with van der Waals surface area (Å²) in [5, 5.41) is 16.6. The van der Waals surface area contributed by atoms with Crippen LogP contribution in [0.15, 0.2) is 12.1 Å². The summed E-state index contributed by atoms with van der Waals surface area (Å²) >= 11 is 1.76. The molecule has 0 aliphatic rings. The zero-order valence-corrected chi connectivity index (χ0v) is 10.9. The molecule has 0 fully saturated rings. The molecular formula is C12H14N4S. The molecule has 88 valence electrons. The summed E-state index contributed by atoms with van der Waals surface area (Å²) in [5.41, 5.74) is 1.39. The van der Waals surface area contributed by atoms with Crippen LogP contribution in [0, 0.1) is 25.2 Å². The van der Waals surface area contributed by atoms with Gasteiger partial charge in [0.1, 0.15) is 17.5 Å². The van der Waals surface area contributed by atoms with Gasteiger partial charge in [-0.1, -0.05) is 0 Å². The number of thiophene rings is 1. The van der Waals surface area contributed by atoms with Crippen molar-refractivity contribution in [2.24, 2.45) is 7.05 Å². The van der Waals surface area contributed by atoms with E-state index in [9.17, 15) is 0 Å². The molecule has 1 N–H and O–H groups in total. The zero-order valence-electron chi connectivity index (χ0n) is 10.1. The summed E-state index contributed by atoms with van der Waals surface area (Å²) in [6, 6.07) is 6.38. The highest BCUT2D eigenvalue weighted by atomic mass is 32.1. The summed E-state index contributed by atoms with van der Waals surface area (Å²) in [4.78, 5) is 2.55. The van der Waals surface area contributed by atoms with E-state index >= 15 is 0 Å². The Balaban J connectivity index is 2.17. The van der Waals surface area contributed by atoms with Gasteiger partial charge in [-0.05, 0) is 26.0 Å². The van der Waals surface area contributed by atoms with Crippen molar-refractivity contribution in [2.45, 2.75) is 20.4 Å². The van der Waals surface area contributed by atoms with E-state index in [1.807, 2.05) is 14.0 Å². The molecule has 0 saturated heterocycles. The Morgan fingerprint density at radius 3 is 2.82 bits per heavy atom. The van der Waals surface area contributed by atoms with E-state index in [1.54, 1.807) is 16.0 Å². The predicted molar refractivity (Wildman–Crippen MR) is 69.0 cm³/mol. The maximum absolute atomic E-state index is 9.07. The van der Waals surface area contributed by atoms with Crippen molar-refractivity contribution in [3.8, 4) is 6.07 Å². The summed E-state index contributed by atoms with van der Waals surface area (Å²) in [7, 11) is 1.84. The van der Waals surface area contributed by atoms with Gasteiger partial charge in [0, 0.05) is 16.8 Å². The van der Waals surface area contributed by atoms with E-state index < -0.39 is 0 Å². The molecule has 5 heteroatoms. The number of nitriles is 1. The largest absolute Gasteiger partial charge is 0.364 e. The van der Waals surface area contributed by atoms with Gasteiger partial charge >= 0.3 is 0 Å². The number of aromatic nitrogens is 2. The third-order valence-electron chi connectivity index (χ3n) is 2.56. The maximum Gasteiger partial charge on any atom is 0.142 e. The third kappa shape index (κ3) is 2.32. The van der Waals surface area contributed by atoms with E-state index in [2.05, 4.69) is 35.5 Å². The van der Waals surface area contributed by atoms with Crippen molar-refractivity contribution < 1.29 is 0 Å². The Morgan fingerprint density at radius 2 is 2.24 bits per heavy atom. The summed E-state index contributed by atoms with van der Waals surface area (Å²) < 4.78 is 1.72. The lowest BCUT2D eigenvalue weighted by Gasteiger charge is -2.05. The molecule has 0 atom stereocenters. The first-order valence-corrected chi connectivity index (χ1v) is 6.16. The van der Waals surface area contributed by atoms with Crippen LogP contribution < -0.4 is 5.32 Å². The maximum atomic E-state index is 9.07. The molecule has 0 aliphatic carbocycles. The van der Waals surface area contributed by atoms with E-state index in [0.29, 0.717) is 5.56 Å². The first-order valence-electron chi connectivity index (χ1n) is 5.34. The summed E-state index contributed by atoms with van der Waals surface area (Å²) in [6.07, 6.45) is 0. The molecule has 2 rings (SSSR count). The smallest absolute Gasteiger partial charge is 0.142 e. The number of rotatable bonds is 3. The number of anilines is 1. The molecule has 2 aromatic rings. The van der Waals surface area contributed by atoms with Crippen molar-refractivity contribution in [1.82, 2.24) is 9.78 Å². The van der Waals surface area contributed by atoms with Crippen molar-refractivity contribution in [3.63, 3.8) is 0 Å². The SMILES string of the molecule is Cc1ccc(CNc2c(C#N)c(C)nn2C)s1. The minimum absolute atomic E-state index is 0.626. The van der Waals surface area contributed by atoms with Crippen LogP contribution in [0.2, 0.25) is 0 Å². The molecule has 0 saturated carbocycles. The van der Waals surface area contributed by atoms with Crippen LogP contribution in [0.4, 0.5) is 5.82 Å². The van der Waals surface area contributed by atoms with E-state index in [4.69, 9.17) is 5.26 Å². The second-order valence-corrected chi connectivity index (χ2v) is 5.28. The van der Waals surface area contributed by atoms with Gasteiger partial charge in [-0.15, -0.1) is 11.3 Å². The molecule has 0 aromatic carbocycles. The van der Waals surface area contributed by atoms with Gasteiger partial charge in [0.2, 0.25) is 0 Å². The molecule has 0 amide bonds. The Hall–Kier alpha value is -1.80. The molecule has 0 radical (unpaired) electrons. The normalized spacial score (nSPS) is 10.2. The minimum atomic E-state index is 0.626. The lowest BCUT2D eigenvalue weighted by molar-refractivity contribution is 0.758. The van der Waals surface area contributed by atoms with Gasteiger partial charge in [0.15, 0.2) is 0 Å². The molecule has 0 bridgehead atoms. The highest BCUT2D eigenvalue weighted by Gasteiger charge is 2.12. The van der Waals surface area contributed by atoms with Crippen LogP contribution in [0.3, 0.4) is 0 Å². The van der Waals surface area contributed by atoms with Gasteiger partial charge in [0.25, 0.3) is 0 Å². The third-order valence-corrected chi connectivity index (χ3v) is 3.56. The van der Waals surface area contributed by atoms with E-state index in [-0.39, 0.29) is 0 Å². The number of nitrogens with one attached hydrogen (secondary N) is 1. The number of hydrogen-bond donors (Lipinski definition) is 1. The minimum Gasteiger partial charge on any atom is -0.364 e. The second-order valence-electron chi connectivity index (χ2n) is 3.91. The van der Waals surface area contributed by atoms with Crippen LogP contribution in [-0.2, 0) is 13.6 Å². The fourth-order valence-corrected chi connectivity index (χ4v) is 2.58. The number of nitrogens with zero attached hydrogens (tertiary/aromatic N) is 3. The molecule has 4 nitrogen and oxygen atoms in total. The first kappa shape index (κ1) is 11.7. The molecule has 0 aliphatic heterocycles. The molecule has 2 heterocycles. The lowest BCUT2D eigenvalue weighted by Crippen LogP contribution is -2.04. The lowest BCUT2D eigenvalue weighted by atomic mass is 10.2. The standard InChI is InChI=1S/C12H14N4S/c1-8-4-5-10(17-8)7-14-12-11(6-13)9(2)15-16(12)3/h4-5,14H,7H2,1-3H3. The molecule has 0 unspecified atom stereocenters. The monoisotopic (exact) mass is 246 g/mol. The molecule has 0 spiro atoms. The van der Waals surface area contributed by atoms with Gasteiger partial charge < -0.3 is 5.32 Å². The fraction of sp³-hybridized carbons (Fsp3) is 0.333. The highest BCUT2D eigenvalue weighted by molar-refractivity contribution is 7.11. The van der Waals surface area contributed by atoms with Crippen molar-refractivity contribution in [1.29, 1.82) is 5.26 Å². The second kappa shape index (κ2) is 4.60. The van der Waals surface area contributed by atoms with Crippen LogP contribution >= 0.6 is 11.3 Å². The number of aryl methyl sites for hydroxylation is 3. The van der Waals surface area contributed by atoms with Crippen LogP contribution in [-0.4, -0.2) is 9.78 Å². The Labute approximate surface area is 105 Å². The summed E-state index contributed by atoms with van der Waals surface area (Å²) in [6.45, 7) is 4.66. The average Bonchev–Trinajstić information content (AvgIpc) is 2.80. The van der Waals surface area contributed by atoms with Crippen molar-refractivity contribution >= 4 is 17.2 Å². The zero-order chi connectivity index (χ0) is 12.4. The average molecular weight is 246 g/mol. The van der Waals surface area contributed by atoms with Crippen molar-refractivity contribution in [3.05, 3.63) is 33.1 Å². The van der Waals surface area contributed by atoms with Gasteiger partial charge in [0.05, 0.1) is 12.2 Å². The summed E-state index contributed by atoms with van der Waals surface area (Å²) in [5.74, 6) is 0.788. The van der Waals surface area contributed by atoms with Crippen LogP contribution in [0.5, 0.6) is 0 Å². The highest BCUT2D eigenvalue weighted by Crippen LogP contribution is 2.20. The van der Waals surface area contributed by atoms with Gasteiger partial charge in [-0.3, -0.25) is 4.68 Å². The Morgan fingerprint density at radius 1 is 1.47 bits per heavy atom. The Bertz CT molecular complexity index is 574. The van der Waals surface area contributed by atoms with Gasteiger partial charge in [-0.25, -0.2) is 0 Å². The Kier molecular flexibility index (Phi) is 3.16. The first-order chi connectivity index (χ1) is 8.11.